The summed E-state index contributed by atoms with van der Waals surface area (Å²) in [4.78, 5) is 13.5. The van der Waals surface area contributed by atoms with Gasteiger partial charge in [-0.1, -0.05) is 13.3 Å². The van der Waals surface area contributed by atoms with E-state index in [1.165, 1.54) is 0 Å². The van der Waals surface area contributed by atoms with Gasteiger partial charge in [0.05, 0.1) is 6.61 Å². The highest BCUT2D eigenvalue weighted by Crippen LogP contribution is 1.98. The molecule has 0 aliphatic carbocycles. The van der Waals surface area contributed by atoms with Crippen molar-refractivity contribution in [3.63, 3.8) is 0 Å². The molecule has 0 heterocycles. The zero-order chi connectivity index (χ0) is 11.0. The maximum absolute atomic E-state index is 11.7. The summed E-state index contributed by atoms with van der Waals surface area (Å²) in [6.07, 6.45) is 2.11. The second-order valence-corrected chi connectivity index (χ2v) is 3.33. The first kappa shape index (κ1) is 13.4. The Kier molecular flexibility index (Phi) is 7.42. The van der Waals surface area contributed by atoms with Crippen molar-refractivity contribution in [3.8, 4) is 0 Å². The third-order valence-corrected chi connectivity index (χ3v) is 2.14. The second kappa shape index (κ2) is 7.76. The van der Waals surface area contributed by atoms with Gasteiger partial charge in [0.1, 0.15) is 6.04 Å². The van der Waals surface area contributed by atoms with Crippen LogP contribution in [0.3, 0.4) is 0 Å². The summed E-state index contributed by atoms with van der Waals surface area (Å²) in [6, 6.07) is -0.517. The zero-order valence-corrected chi connectivity index (χ0v) is 9.45. The number of hydrogen-bond acceptors (Lipinski definition) is 3. The summed E-state index contributed by atoms with van der Waals surface area (Å²) in [5.41, 5.74) is 5.66. The van der Waals surface area contributed by atoms with Gasteiger partial charge in [0.2, 0.25) is 5.91 Å². The second-order valence-electron chi connectivity index (χ2n) is 3.33. The SMILES string of the molecule is CCCCN(CC)C(=O)C(N)COC. The number of likely N-dealkylation sites (N-methyl/N-ethyl adjacent to an activating group) is 1. The van der Waals surface area contributed by atoms with Gasteiger partial charge in [-0.3, -0.25) is 4.79 Å². The number of rotatable bonds is 7. The Balaban J connectivity index is 4.01. The third-order valence-electron chi connectivity index (χ3n) is 2.14. The fourth-order valence-electron chi connectivity index (χ4n) is 1.26. The lowest BCUT2D eigenvalue weighted by Gasteiger charge is -2.23. The molecule has 1 unspecified atom stereocenters. The van der Waals surface area contributed by atoms with Gasteiger partial charge in [-0.2, -0.15) is 0 Å². The molecule has 14 heavy (non-hydrogen) atoms. The Labute approximate surface area is 86.4 Å². The molecule has 0 aromatic rings. The van der Waals surface area contributed by atoms with Gasteiger partial charge in [0, 0.05) is 20.2 Å². The molecule has 0 saturated carbocycles. The maximum Gasteiger partial charge on any atom is 0.241 e. The molecule has 1 atom stereocenters. The number of hydrogen-bond donors (Lipinski definition) is 1. The van der Waals surface area contributed by atoms with Gasteiger partial charge in [-0.15, -0.1) is 0 Å². The van der Waals surface area contributed by atoms with Crippen LogP contribution in [0.2, 0.25) is 0 Å². The van der Waals surface area contributed by atoms with Crippen LogP contribution in [0, 0.1) is 0 Å². The topological polar surface area (TPSA) is 55.6 Å². The van der Waals surface area contributed by atoms with Crippen molar-refractivity contribution < 1.29 is 9.53 Å². The van der Waals surface area contributed by atoms with Crippen LogP contribution in [0.1, 0.15) is 26.7 Å². The van der Waals surface area contributed by atoms with E-state index in [2.05, 4.69) is 6.92 Å². The third kappa shape index (κ3) is 4.58. The first-order valence-corrected chi connectivity index (χ1v) is 5.20. The highest BCUT2D eigenvalue weighted by atomic mass is 16.5. The summed E-state index contributed by atoms with van der Waals surface area (Å²) in [7, 11) is 1.55. The standard InChI is InChI=1S/C10H22N2O2/c1-4-6-7-12(5-2)10(13)9(11)8-14-3/h9H,4-8,11H2,1-3H3. The van der Waals surface area contributed by atoms with E-state index in [9.17, 15) is 4.79 Å². The van der Waals surface area contributed by atoms with Crippen molar-refractivity contribution in [2.45, 2.75) is 32.7 Å². The summed E-state index contributed by atoms with van der Waals surface area (Å²) in [6.45, 7) is 5.88. The van der Waals surface area contributed by atoms with E-state index >= 15 is 0 Å². The predicted molar refractivity (Wildman–Crippen MR) is 57.0 cm³/mol. The number of methoxy groups -OCH3 is 1. The largest absolute Gasteiger partial charge is 0.383 e. The van der Waals surface area contributed by atoms with Crippen LogP contribution in [-0.4, -0.2) is 43.7 Å². The Morgan fingerprint density at radius 2 is 2.14 bits per heavy atom. The number of carbonyl (C=O) groups is 1. The molecule has 0 bridgehead atoms. The van der Waals surface area contributed by atoms with Gasteiger partial charge < -0.3 is 15.4 Å². The van der Waals surface area contributed by atoms with Crippen molar-refractivity contribution in [2.24, 2.45) is 5.73 Å². The number of ether oxygens (including phenoxy) is 1. The van der Waals surface area contributed by atoms with Gasteiger partial charge in [0.15, 0.2) is 0 Å². The minimum atomic E-state index is -0.517. The van der Waals surface area contributed by atoms with Crippen LogP contribution in [0.25, 0.3) is 0 Å². The molecule has 0 aromatic carbocycles. The van der Waals surface area contributed by atoms with Crippen molar-refractivity contribution in [3.05, 3.63) is 0 Å². The quantitative estimate of drug-likeness (QED) is 0.658. The number of unbranched alkanes of at least 4 members (excludes halogenated alkanes) is 1. The molecule has 0 aromatic heterocycles. The Hall–Kier alpha value is -0.610. The molecule has 0 aliphatic rings. The molecule has 0 aliphatic heterocycles. The normalized spacial score (nSPS) is 12.6. The van der Waals surface area contributed by atoms with E-state index in [0.717, 1.165) is 25.9 Å². The molecular formula is C10H22N2O2. The molecule has 84 valence electrons. The van der Waals surface area contributed by atoms with E-state index in [1.54, 1.807) is 12.0 Å². The monoisotopic (exact) mass is 202 g/mol. The number of nitrogens with two attached hydrogens (primary N) is 1. The van der Waals surface area contributed by atoms with E-state index in [0.29, 0.717) is 6.61 Å². The van der Waals surface area contributed by atoms with Crippen molar-refractivity contribution >= 4 is 5.91 Å². The van der Waals surface area contributed by atoms with E-state index in [-0.39, 0.29) is 5.91 Å². The fraction of sp³-hybridized carbons (Fsp3) is 0.900. The van der Waals surface area contributed by atoms with Crippen molar-refractivity contribution in [1.29, 1.82) is 0 Å². The van der Waals surface area contributed by atoms with Crippen molar-refractivity contribution in [1.82, 2.24) is 4.90 Å². The summed E-state index contributed by atoms with van der Waals surface area (Å²) >= 11 is 0. The van der Waals surface area contributed by atoms with Crippen LogP contribution in [0.5, 0.6) is 0 Å². The van der Waals surface area contributed by atoms with E-state index in [4.69, 9.17) is 10.5 Å². The molecule has 0 rings (SSSR count). The smallest absolute Gasteiger partial charge is 0.241 e. The van der Waals surface area contributed by atoms with Crippen LogP contribution < -0.4 is 5.73 Å². The molecule has 2 N–H and O–H groups in total. The highest BCUT2D eigenvalue weighted by Gasteiger charge is 2.18. The van der Waals surface area contributed by atoms with Gasteiger partial charge in [-0.05, 0) is 13.3 Å². The lowest BCUT2D eigenvalue weighted by molar-refractivity contribution is -0.133. The summed E-state index contributed by atoms with van der Waals surface area (Å²) < 4.78 is 4.85. The molecule has 4 nitrogen and oxygen atoms in total. The van der Waals surface area contributed by atoms with E-state index < -0.39 is 6.04 Å². The molecular weight excluding hydrogens is 180 g/mol. The first-order chi connectivity index (χ1) is 6.67. The molecule has 0 saturated heterocycles. The van der Waals surface area contributed by atoms with Gasteiger partial charge >= 0.3 is 0 Å². The molecule has 4 heteroatoms. The summed E-state index contributed by atoms with van der Waals surface area (Å²) in [5, 5.41) is 0. The van der Waals surface area contributed by atoms with Crippen LogP contribution in [-0.2, 0) is 9.53 Å². The predicted octanol–water partition coefficient (Wildman–Crippen LogP) is 0.609. The summed E-state index contributed by atoms with van der Waals surface area (Å²) in [5.74, 6) is -0.0113. The van der Waals surface area contributed by atoms with Crippen LogP contribution in [0.4, 0.5) is 0 Å². The molecule has 0 fully saturated rings. The maximum atomic E-state index is 11.7. The van der Waals surface area contributed by atoms with Crippen LogP contribution in [0.15, 0.2) is 0 Å². The highest BCUT2D eigenvalue weighted by molar-refractivity contribution is 5.81. The van der Waals surface area contributed by atoms with Gasteiger partial charge in [0.25, 0.3) is 0 Å². The molecule has 0 spiro atoms. The Morgan fingerprint density at radius 3 is 2.57 bits per heavy atom. The number of amides is 1. The minimum Gasteiger partial charge on any atom is -0.383 e. The number of nitrogens with zero attached hydrogens (tertiary/aromatic N) is 1. The van der Waals surface area contributed by atoms with E-state index in [1.807, 2.05) is 6.92 Å². The Bertz CT molecular complexity index is 162. The van der Waals surface area contributed by atoms with Crippen LogP contribution >= 0.6 is 0 Å². The molecule has 1 amide bonds. The Morgan fingerprint density at radius 1 is 1.50 bits per heavy atom. The average Bonchev–Trinajstić information content (AvgIpc) is 2.19. The first-order valence-electron chi connectivity index (χ1n) is 5.20. The number of carbonyl (C=O) groups excluding carboxylic acids is 1. The lowest BCUT2D eigenvalue weighted by atomic mass is 10.2. The average molecular weight is 202 g/mol. The zero-order valence-electron chi connectivity index (χ0n) is 9.45. The van der Waals surface area contributed by atoms with Gasteiger partial charge in [-0.25, -0.2) is 0 Å². The lowest BCUT2D eigenvalue weighted by Crippen LogP contribution is -2.46. The minimum absolute atomic E-state index is 0.0113. The fourth-order valence-corrected chi connectivity index (χ4v) is 1.26. The van der Waals surface area contributed by atoms with Crippen molar-refractivity contribution in [2.75, 3.05) is 26.8 Å². The molecule has 0 radical (unpaired) electrons.